The molecule has 0 amide bonds. The maximum absolute atomic E-state index is 5.63. The number of allylic oxidation sites excluding steroid dienone is 1. The number of hydrogen-bond donors (Lipinski definition) is 0. The molecule has 0 aromatic heterocycles. The largest absolute Gasteiger partial charge is 0.376 e. The fraction of sp³-hybridized carbons (Fsp3) is 0.385. The fourth-order valence-electron chi connectivity index (χ4n) is 1.38. The van der Waals surface area contributed by atoms with Crippen LogP contribution in [-0.4, -0.2) is 6.61 Å². The van der Waals surface area contributed by atoms with E-state index in [4.69, 9.17) is 4.74 Å². The molecule has 0 fully saturated rings. The zero-order chi connectivity index (χ0) is 11.1. The van der Waals surface area contributed by atoms with Crippen LogP contribution in [0.2, 0.25) is 0 Å². The zero-order valence-corrected chi connectivity index (χ0v) is 11.4. The Morgan fingerprint density at radius 2 is 2.07 bits per heavy atom. The monoisotopic (exact) mass is 316 g/mol. The molecule has 0 saturated carbocycles. The summed E-state index contributed by atoms with van der Waals surface area (Å²) in [6.07, 6.45) is 2.23. The third-order valence-corrected chi connectivity index (χ3v) is 2.37. The summed E-state index contributed by atoms with van der Waals surface area (Å²) in [6, 6.07) is 10.3. The van der Waals surface area contributed by atoms with E-state index in [0.29, 0.717) is 12.5 Å². The van der Waals surface area contributed by atoms with Gasteiger partial charge < -0.3 is 4.74 Å². The molecule has 0 N–H and O–H groups in total. The number of halogens is 1. The standard InChI is InChI=1S/C13H17IO/c1-11(8-12(2)14)9-15-10-13-6-4-3-5-7-13/h3-8,11H,9-10H2,1-2H3/b12-8+/t11-/m0/s1. The Labute approximate surface area is 106 Å². The minimum absolute atomic E-state index is 0.491. The van der Waals surface area contributed by atoms with Crippen molar-refractivity contribution in [3.8, 4) is 0 Å². The molecule has 0 aliphatic carbocycles. The van der Waals surface area contributed by atoms with Gasteiger partial charge in [-0.1, -0.05) is 43.3 Å². The predicted molar refractivity (Wildman–Crippen MR) is 73.0 cm³/mol. The van der Waals surface area contributed by atoms with Gasteiger partial charge in [-0.3, -0.25) is 0 Å². The summed E-state index contributed by atoms with van der Waals surface area (Å²) in [6.45, 7) is 5.77. The van der Waals surface area contributed by atoms with E-state index in [1.54, 1.807) is 0 Å². The maximum Gasteiger partial charge on any atom is 0.0717 e. The number of hydrogen-bond acceptors (Lipinski definition) is 1. The molecule has 1 atom stereocenters. The van der Waals surface area contributed by atoms with Crippen molar-refractivity contribution >= 4 is 22.6 Å². The Balaban J connectivity index is 2.25. The van der Waals surface area contributed by atoms with E-state index in [1.807, 2.05) is 18.2 Å². The summed E-state index contributed by atoms with van der Waals surface area (Å²) in [5.41, 5.74) is 1.24. The van der Waals surface area contributed by atoms with Crippen LogP contribution >= 0.6 is 22.6 Å². The van der Waals surface area contributed by atoms with Crippen LogP contribution in [0.5, 0.6) is 0 Å². The van der Waals surface area contributed by atoms with Crippen molar-refractivity contribution in [3.05, 3.63) is 45.6 Å². The quantitative estimate of drug-likeness (QED) is 0.741. The normalized spacial score (nSPS) is 13.9. The lowest BCUT2D eigenvalue weighted by Gasteiger charge is -2.08. The molecule has 0 spiro atoms. The Morgan fingerprint density at radius 1 is 1.40 bits per heavy atom. The van der Waals surface area contributed by atoms with E-state index in [1.165, 1.54) is 9.14 Å². The molecule has 2 heteroatoms. The van der Waals surface area contributed by atoms with E-state index in [-0.39, 0.29) is 0 Å². The number of rotatable bonds is 5. The molecular formula is C13H17IO. The first-order valence-corrected chi connectivity index (χ1v) is 6.22. The predicted octanol–water partition coefficient (Wildman–Crippen LogP) is 4.18. The van der Waals surface area contributed by atoms with Crippen LogP contribution in [0.3, 0.4) is 0 Å². The summed E-state index contributed by atoms with van der Waals surface area (Å²) < 4.78 is 6.96. The third kappa shape index (κ3) is 5.95. The van der Waals surface area contributed by atoms with Gasteiger partial charge >= 0.3 is 0 Å². The van der Waals surface area contributed by atoms with Gasteiger partial charge in [-0.15, -0.1) is 0 Å². The molecule has 1 nitrogen and oxygen atoms in total. The molecule has 0 radical (unpaired) electrons. The minimum Gasteiger partial charge on any atom is -0.376 e. The lowest BCUT2D eigenvalue weighted by atomic mass is 10.2. The van der Waals surface area contributed by atoms with Crippen LogP contribution in [-0.2, 0) is 11.3 Å². The van der Waals surface area contributed by atoms with E-state index in [2.05, 4.69) is 54.6 Å². The van der Waals surface area contributed by atoms with Crippen LogP contribution in [0.4, 0.5) is 0 Å². The first kappa shape index (κ1) is 12.7. The Bertz CT molecular complexity index is 302. The van der Waals surface area contributed by atoms with Crippen molar-refractivity contribution in [1.82, 2.24) is 0 Å². The molecule has 15 heavy (non-hydrogen) atoms. The molecule has 0 heterocycles. The average molecular weight is 316 g/mol. The van der Waals surface area contributed by atoms with E-state index >= 15 is 0 Å². The van der Waals surface area contributed by atoms with Crippen molar-refractivity contribution < 1.29 is 4.74 Å². The third-order valence-electron chi connectivity index (χ3n) is 2.01. The molecule has 0 bridgehead atoms. The minimum atomic E-state index is 0.491. The van der Waals surface area contributed by atoms with Gasteiger partial charge in [0.1, 0.15) is 0 Å². The molecule has 0 saturated heterocycles. The van der Waals surface area contributed by atoms with Gasteiger partial charge in [-0.2, -0.15) is 0 Å². The van der Waals surface area contributed by atoms with Gasteiger partial charge in [0, 0.05) is 0 Å². The Kier molecular flexibility index (Phi) is 5.95. The van der Waals surface area contributed by atoms with Crippen LogP contribution in [0.1, 0.15) is 19.4 Å². The summed E-state index contributed by atoms with van der Waals surface area (Å²) >= 11 is 2.33. The van der Waals surface area contributed by atoms with Crippen molar-refractivity contribution in [2.24, 2.45) is 5.92 Å². The first-order chi connectivity index (χ1) is 7.18. The van der Waals surface area contributed by atoms with Crippen molar-refractivity contribution in [3.63, 3.8) is 0 Å². The topological polar surface area (TPSA) is 9.23 Å². The molecular weight excluding hydrogens is 299 g/mol. The lowest BCUT2D eigenvalue weighted by Crippen LogP contribution is -2.03. The fourth-order valence-corrected chi connectivity index (χ4v) is 1.99. The van der Waals surface area contributed by atoms with E-state index in [9.17, 15) is 0 Å². The molecule has 0 aliphatic rings. The van der Waals surface area contributed by atoms with Gasteiger partial charge in [-0.25, -0.2) is 0 Å². The highest BCUT2D eigenvalue weighted by Crippen LogP contribution is 2.10. The zero-order valence-electron chi connectivity index (χ0n) is 9.24. The van der Waals surface area contributed by atoms with Gasteiger partial charge in [0.05, 0.1) is 13.2 Å². The Morgan fingerprint density at radius 3 is 2.67 bits per heavy atom. The highest BCUT2D eigenvalue weighted by atomic mass is 127. The number of ether oxygens (including phenoxy) is 1. The highest BCUT2D eigenvalue weighted by molar-refractivity contribution is 14.1. The van der Waals surface area contributed by atoms with E-state index in [0.717, 1.165) is 6.61 Å². The Hall–Kier alpha value is -0.350. The summed E-state index contributed by atoms with van der Waals surface area (Å²) in [5, 5.41) is 0. The second-order valence-corrected chi connectivity index (χ2v) is 5.43. The van der Waals surface area contributed by atoms with Crippen LogP contribution < -0.4 is 0 Å². The van der Waals surface area contributed by atoms with E-state index < -0.39 is 0 Å². The smallest absolute Gasteiger partial charge is 0.0717 e. The van der Waals surface area contributed by atoms with Crippen molar-refractivity contribution in [2.75, 3.05) is 6.61 Å². The van der Waals surface area contributed by atoms with Gasteiger partial charge in [0.15, 0.2) is 0 Å². The molecule has 0 unspecified atom stereocenters. The van der Waals surface area contributed by atoms with Crippen LogP contribution in [0, 0.1) is 5.92 Å². The molecule has 1 rings (SSSR count). The average Bonchev–Trinajstić information content (AvgIpc) is 2.18. The van der Waals surface area contributed by atoms with Crippen LogP contribution in [0.15, 0.2) is 40.0 Å². The lowest BCUT2D eigenvalue weighted by molar-refractivity contribution is 0.104. The van der Waals surface area contributed by atoms with Gasteiger partial charge in [0.2, 0.25) is 0 Å². The maximum atomic E-state index is 5.63. The van der Waals surface area contributed by atoms with Crippen molar-refractivity contribution in [2.45, 2.75) is 20.5 Å². The van der Waals surface area contributed by atoms with Gasteiger partial charge in [-0.05, 0) is 44.6 Å². The molecule has 82 valence electrons. The summed E-state index contributed by atoms with van der Waals surface area (Å²) in [5.74, 6) is 0.491. The van der Waals surface area contributed by atoms with Crippen LogP contribution in [0.25, 0.3) is 0 Å². The summed E-state index contributed by atoms with van der Waals surface area (Å²) in [7, 11) is 0. The molecule has 1 aromatic rings. The second kappa shape index (κ2) is 7.01. The highest BCUT2D eigenvalue weighted by Gasteiger charge is 1.98. The second-order valence-electron chi connectivity index (χ2n) is 3.73. The number of benzene rings is 1. The molecule has 1 aromatic carbocycles. The SMILES string of the molecule is C/C(I)=C\[C@H](C)COCc1ccccc1. The van der Waals surface area contributed by atoms with Gasteiger partial charge in [0.25, 0.3) is 0 Å². The van der Waals surface area contributed by atoms with Crippen molar-refractivity contribution in [1.29, 1.82) is 0 Å². The molecule has 0 aliphatic heterocycles. The first-order valence-electron chi connectivity index (χ1n) is 5.14. The summed E-state index contributed by atoms with van der Waals surface area (Å²) in [4.78, 5) is 0.